The fraction of sp³-hybridized carbons (Fsp3) is 0.435. The van der Waals surface area contributed by atoms with Crippen LogP contribution in [-0.2, 0) is 11.3 Å². The lowest BCUT2D eigenvalue weighted by Crippen LogP contribution is -2.36. The Morgan fingerprint density at radius 2 is 1.97 bits per heavy atom. The topological polar surface area (TPSA) is 84.3 Å². The van der Waals surface area contributed by atoms with Gasteiger partial charge in [0.15, 0.2) is 0 Å². The zero-order valence-corrected chi connectivity index (χ0v) is 18.1. The number of morpholine rings is 1. The molecule has 8 heteroatoms. The lowest BCUT2D eigenvalue weighted by molar-refractivity contribution is 0.0520. The van der Waals surface area contributed by atoms with E-state index in [0.29, 0.717) is 12.5 Å². The first-order chi connectivity index (χ1) is 15.1. The van der Waals surface area contributed by atoms with Gasteiger partial charge in [-0.15, -0.1) is 0 Å². The van der Waals surface area contributed by atoms with Gasteiger partial charge in [0.25, 0.3) is 5.91 Å². The van der Waals surface area contributed by atoms with E-state index in [9.17, 15) is 4.79 Å². The van der Waals surface area contributed by atoms with Crippen LogP contribution in [0, 0.1) is 13.8 Å². The highest BCUT2D eigenvalue weighted by atomic mass is 16.5. The predicted octanol–water partition coefficient (Wildman–Crippen LogP) is 2.61. The van der Waals surface area contributed by atoms with Crippen LogP contribution in [0.4, 0.5) is 5.95 Å². The Hall–Kier alpha value is -3.13. The number of hydrogen-bond donors (Lipinski definition) is 2. The van der Waals surface area contributed by atoms with E-state index in [0.717, 1.165) is 79.6 Å². The van der Waals surface area contributed by atoms with Crippen molar-refractivity contribution < 1.29 is 9.53 Å². The van der Waals surface area contributed by atoms with Gasteiger partial charge in [0, 0.05) is 55.0 Å². The molecule has 0 radical (unpaired) electrons. The van der Waals surface area contributed by atoms with Gasteiger partial charge in [-0.25, -0.2) is 9.97 Å². The molecule has 5 rings (SSSR count). The molecule has 2 aromatic rings. The van der Waals surface area contributed by atoms with E-state index in [1.165, 1.54) is 5.70 Å². The van der Waals surface area contributed by atoms with E-state index in [1.54, 1.807) is 6.20 Å². The van der Waals surface area contributed by atoms with E-state index in [1.807, 2.05) is 13.0 Å². The van der Waals surface area contributed by atoms with Crippen LogP contribution in [0.2, 0.25) is 0 Å². The van der Waals surface area contributed by atoms with Crippen LogP contribution in [0.15, 0.2) is 35.8 Å². The number of nitrogens with zero attached hydrogens (tertiary/aromatic N) is 4. The highest BCUT2D eigenvalue weighted by Gasteiger charge is 2.26. The second kappa shape index (κ2) is 8.19. The molecule has 0 unspecified atom stereocenters. The highest BCUT2D eigenvalue weighted by Crippen LogP contribution is 2.32. The number of fused-ring (bicyclic) bond motifs is 1. The number of amides is 1. The van der Waals surface area contributed by atoms with Gasteiger partial charge in [0.05, 0.1) is 18.9 Å². The van der Waals surface area contributed by atoms with Crippen molar-refractivity contribution in [3.05, 3.63) is 52.8 Å². The molecule has 3 aliphatic rings. The summed E-state index contributed by atoms with van der Waals surface area (Å²) in [5.74, 6) is 0.570. The minimum atomic E-state index is -0.0132. The van der Waals surface area contributed by atoms with Crippen LogP contribution in [0.3, 0.4) is 0 Å². The Morgan fingerprint density at radius 3 is 2.71 bits per heavy atom. The van der Waals surface area contributed by atoms with E-state index in [4.69, 9.17) is 9.72 Å². The quantitative estimate of drug-likeness (QED) is 0.791. The molecule has 0 bridgehead atoms. The normalized spacial score (nSPS) is 18.8. The van der Waals surface area contributed by atoms with Gasteiger partial charge in [-0.05, 0) is 50.5 Å². The molecule has 162 valence electrons. The Morgan fingerprint density at radius 1 is 1.13 bits per heavy atom. The number of allylic oxidation sites excluding steroid dienone is 4. The molecule has 2 aliphatic heterocycles. The highest BCUT2D eigenvalue weighted by molar-refractivity contribution is 5.97. The molecule has 0 atom stereocenters. The van der Waals surface area contributed by atoms with E-state index in [2.05, 4.69) is 44.2 Å². The molecular formula is C23H28N6O2. The third-order valence-corrected chi connectivity index (χ3v) is 6.33. The third-order valence-electron chi connectivity index (χ3n) is 6.33. The van der Waals surface area contributed by atoms with Gasteiger partial charge in [-0.2, -0.15) is 0 Å². The minimum Gasteiger partial charge on any atom is -0.378 e. The largest absolute Gasteiger partial charge is 0.378 e. The van der Waals surface area contributed by atoms with Crippen molar-refractivity contribution in [2.45, 2.75) is 33.2 Å². The van der Waals surface area contributed by atoms with E-state index >= 15 is 0 Å². The number of rotatable bonds is 4. The SMILES string of the molecule is Cc1c(-c2ccnc(NC3=CC=C(N4CCOCC4)CC3)n2)c(C)n2c1C(=O)NCC2. The average Bonchev–Trinajstić information content (AvgIpc) is 3.06. The standard InChI is InChI=1S/C23H28N6O2/c1-15-20(16(2)29-10-9-24-22(30)21(15)29)19-7-8-25-23(27-19)26-17-3-5-18(6-4-17)28-11-13-31-14-12-28/h3,5,7-8H,4,6,9-14H2,1-2H3,(H,24,30)(H,25,26,27). The van der Waals surface area contributed by atoms with Crippen LogP contribution in [0.1, 0.15) is 34.6 Å². The van der Waals surface area contributed by atoms with E-state index < -0.39 is 0 Å². The van der Waals surface area contributed by atoms with Crippen LogP contribution in [0.25, 0.3) is 11.3 Å². The molecule has 1 amide bonds. The maximum absolute atomic E-state index is 12.4. The van der Waals surface area contributed by atoms with Gasteiger partial charge >= 0.3 is 0 Å². The molecule has 4 heterocycles. The van der Waals surface area contributed by atoms with Crippen LogP contribution < -0.4 is 10.6 Å². The summed E-state index contributed by atoms with van der Waals surface area (Å²) >= 11 is 0. The second-order valence-corrected chi connectivity index (χ2v) is 8.18. The van der Waals surface area contributed by atoms with Crippen molar-refractivity contribution >= 4 is 11.9 Å². The van der Waals surface area contributed by atoms with Crippen molar-refractivity contribution in [2.24, 2.45) is 0 Å². The van der Waals surface area contributed by atoms with Crippen molar-refractivity contribution in [3.63, 3.8) is 0 Å². The fourth-order valence-electron chi connectivity index (χ4n) is 4.76. The second-order valence-electron chi connectivity index (χ2n) is 8.18. The van der Waals surface area contributed by atoms with Gasteiger partial charge < -0.3 is 24.8 Å². The van der Waals surface area contributed by atoms with Gasteiger partial charge in [0.2, 0.25) is 5.95 Å². The number of anilines is 1. The van der Waals surface area contributed by atoms with Crippen molar-refractivity contribution in [3.8, 4) is 11.3 Å². The van der Waals surface area contributed by atoms with E-state index in [-0.39, 0.29) is 5.91 Å². The molecule has 0 spiro atoms. The summed E-state index contributed by atoms with van der Waals surface area (Å²) in [4.78, 5) is 24.0. The maximum Gasteiger partial charge on any atom is 0.268 e. The van der Waals surface area contributed by atoms with Crippen LogP contribution in [0.5, 0.6) is 0 Å². The molecule has 1 aliphatic carbocycles. The van der Waals surface area contributed by atoms with Crippen LogP contribution >= 0.6 is 0 Å². The summed E-state index contributed by atoms with van der Waals surface area (Å²) in [5, 5.41) is 6.32. The smallest absolute Gasteiger partial charge is 0.268 e. The van der Waals surface area contributed by atoms with Gasteiger partial charge in [-0.3, -0.25) is 4.79 Å². The summed E-state index contributed by atoms with van der Waals surface area (Å²) in [7, 11) is 0. The summed E-state index contributed by atoms with van der Waals surface area (Å²) in [5.41, 5.74) is 7.11. The predicted molar refractivity (Wildman–Crippen MR) is 119 cm³/mol. The first-order valence-electron chi connectivity index (χ1n) is 10.9. The number of carbonyl (C=O) groups is 1. The molecule has 0 aromatic carbocycles. The minimum absolute atomic E-state index is 0.0132. The zero-order chi connectivity index (χ0) is 21.4. The Labute approximate surface area is 182 Å². The number of carbonyl (C=O) groups excluding carboxylic acids is 1. The Kier molecular flexibility index (Phi) is 5.23. The molecule has 31 heavy (non-hydrogen) atoms. The number of aromatic nitrogens is 3. The Bertz CT molecular complexity index is 1080. The lowest BCUT2D eigenvalue weighted by atomic mass is 10.1. The first-order valence-corrected chi connectivity index (χ1v) is 10.9. The van der Waals surface area contributed by atoms with Crippen molar-refractivity contribution in [2.75, 3.05) is 38.2 Å². The molecular weight excluding hydrogens is 392 g/mol. The van der Waals surface area contributed by atoms with Crippen molar-refractivity contribution in [1.29, 1.82) is 0 Å². The maximum atomic E-state index is 12.4. The summed E-state index contributed by atoms with van der Waals surface area (Å²) in [6.07, 6.45) is 8.02. The van der Waals surface area contributed by atoms with Crippen LogP contribution in [-0.4, -0.2) is 58.2 Å². The summed E-state index contributed by atoms with van der Waals surface area (Å²) in [6, 6.07) is 1.91. The first kappa shape index (κ1) is 19.8. The molecule has 2 aromatic heterocycles. The monoisotopic (exact) mass is 420 g/mol. The summed E-state index contributed by atoms with van der Waals surface area (Å²) < 4.78 is 7.55. The lowest BCUT2D eigenvalue weighted by Gasteiger charge is -2.32. The Balaban J connectivity index is 1.38. The molecule has 0 saturated carbocycles. The molecule has 1 fully saturated rings. The third kappa shape index (κ3) is 3.72. The van der Waals surface area contributed by atoms with Crippen molar-refractivity contribution in [1.82, 2.24) is 24.8 Å². The average molecular weight is 421 g/mol. The summed E-state index contributed by atoms with van der Waals surface area (Å²) in [6.45, 7) is 9.03. The fourth-order valence-corrected chi connectivity index (χ4v) is 4.76. The number of ether oxygens (including phenoxy) is 1. The molecule has 8 nitrogen and oxygen atoms in total. The molecule has 1 saturated heterocycles. The van der Waals surface area contributed by atoms with Gasteiger partial charge in [-0.1, -0.05) is 0 Å². The zero-order valence-electron chi connectivity index (χ0n) is 18.1. The molecule has 2 N–H and O–H groups in total. The number of nitrogens with one attached hydrogen (secondary N) is 2. The number of hydrogen-bond acceptors (Lipinski definition) is 6. The van der Waals surface area contributed by atoms with Gasteiger partial charge in [0.1, 0.15) is 5.69 Å².